The molecule has 0 spiro atoms. The van der Waals surface area contributed by atoms with Gasteiger partial charge in [-0.3, -0.25) is 38.4 Å². The lowest BCUT2D eigenvalue weighted by Gasteiger charge is -2.31. The monoisotopic (exact) mass is 980 g/mol. The van der Waals surface area contributed by atoms with Crippen LogP contribution in [0.15, 0.2) is 47.3 Å². The number of hydrogen-bond donors (Lipinski definition) is 7. The molecule has 2 aromatic heterocycles. The number of cyclic esters (lactones) is 1. The summed E-state index contributed by atoms with van der Waals surface area (Å²) >= 11 is 0. The molecule has 71 heavy (non-hydrogen) atoms. The summed E-state index contributed by atoms with van der Waals surface area (Å²) in [6.45, 7) is 4.25. The Morgan fingerprint density at radius 2 is 1.61 bits per heavy atom. The lowest BCUT2D eigenvalue weighted by molar-refractivity contribution is -0.172. The van der Waals surface area contributed by atoms with Crippen LogP contribution in [-0.4, -0.2) is 101 Å². The predicted octanol–water partition coefficient (Wildman–Crippen LogP) is 1.19. The number of Topliss-reactive ketones (excluding diaryl/α,β-unsaturated/α-hetero) is 1. The Balaban J connectivity index is 0.919. The van der Waals surface area contributed by atoms with E-state index in [9.17, 15) is 48.3 Å². The predicted molar refractivity (Wildman–Crippen MR) is 252 cm³/mol. The van der Waals surface area contributed by atoms with Gasteiger partial charge in [-0.05, 0) is 60.9 Å². The Hall–Kier alpha value is -7.39. The number of esters is 1. The maximum atomic E-state index is 15.3. The van der Waals surface area contributed by atoms with Gasteiger partial charge in [0.2, 0.25) is 35.4 Å². The largest absolute Gasteiger partial charge is 0.458 e. The van der Waals surface area contributed by atoms with Crippen LogP contribution in [0.4, 0.5) is 4.39 Å². The number of hydrogen-bond acceptors (Lipinski definition) is 13. The van der Waals surface area contributed by atoms with E-state index in [2.05, 4.69) is 31.9 Å². The van der Waals surface area contributed by atoms with Crippen molar-refractivity contribution in [2.24, 2.45) is 5.92 Å². The first-order valence-electron chi connectivity index (χ1n) is 23.5. The molecule has 2 aromatic carbocycles. The minimum atomic E-state index is -2.05. The lowest BCUT2D eigenvalue weighted by Crippen LogP contribution is -2.52. The number of aromatic nitrogens is 2. The minimum absolute atomic E-state index is 0.0383. The highest BCUT2D eigenvalue weighted by Gasteiger charge is 2.46. The zero-order chi connectivity index (χ0) is 51.1. The molecule has 7 rings (SSSR count). The lowest BCUT2D eigenvalue weighted by atomic mass is 9.81. The third-order valence-corrected chi connectivity index (χ3v) is 13.0. The van der Waals surface area contributed by atoms with Gasteiger partial charge in [0, 0.05) is 47.8 Å². The van der Waals surface area contributed by atoms with E-state index in [0.29, 0.717) is 63.8 Å². The first kappa shape index (κ1) is 51.5. The average Bonchev–Trinajstić information content (AvgIpc) is 3.72. The first-order valence-corrected chi connectivity index (χ1v) is 23.5. The van der Waals surface area contributed by atoms with Crippen LogP contribution in [0.3, 0.4) is 0 Å². The summed E-state index contributed by atoms with van der Waals surface area (Å²) in [5.41, 5.74) is 1.89. The van der Waals surface area contributed by atoms with Crippen LogP contribution in [0.1, 0.15) is 97.9 Å². The molecule has 2 aliphatic heterocycles. The van der Waals surface area contributed by atoms with Crippen LogP contribution >= 0.6 is 0 Å². The van der Waals surface area contributed by atoms with Crippen molar-refractivity contribution in [3.05, 3.63) is 97.6 Å². The van der Waals surface area contributed by atoms with Gasteiger partial charge in [-0.2, -0.15) is 0 Å². The number of aliphatic hydroxyl groups is 1. The second-order valence-electron chi connectivity index (χ2n) is 18.1. The van der Waals surface area contributed by atoms with Gasteiger partial charge in [0.25, 0.3) is 5.56 Å². The van der Waals surface area contributed by atoms with E-state index in [1.807, 2.05) is 0 Å². The number of rotatable bonds is 21. The number of carbonyl (C=O) groups excluding carboxylic acids is 8. The molecule has 4 aromatic rings. The Kier molecular flexibility index (Phi) is 16.0. The van der Waals surface area contributed by atoms with Gasteiger partial charge >= 0.3 is 5.97 Å². The number of pyridine rings is 2. The summed E-state index contributed by atoms with van der Waals surface area (Å²) in [6, 6.07) is 9.88. The topological polar surface area (TPSA) is 282 Å². The van der Waals surface area contributed by atoms with Gasteiger partial charge in [-0.25, -0.2) is 14.2 Å². The molecule has 376 valence electrons. The fourth-order valence-electron chi connectivity index (χ4n) is 9.09. The number of benzene rings is 2. The molecule has 7 N–H and O–H groups in total. The van der Waals surface area contributed by atoms with Gasteiger partial charge in [0.15, 0.2) is 5.60 Å². The molecule has 0 unspecified atom stereocenters. The normalized spacial score (nSPS) is 16.7. The zero-order valence-electron chi connectivity index (χ0n) is 39.9. The van der Waals surface area contributed by atoms with Crippen molar-refractivity contribution in [3.63, 3.8) is 0 Å². The number of nitrogens with one attached hydrogen (secondary N) is 6. The van der Waals surface area contributed by atoms with Crippen molar-refractivity contribution in [2.45, 2.75) is 103 Å². The summed E-state index contributed by atoms with van der Waals surface area (Å²) < 4.78 is 27.5. The van der Waals surface area contributed by atoms with Gasteiger partial charge in [0.1, 0.15) is 37.6 Å². The first-order chi connectivity index (χ1) is 33.9. The number of aryl methyl sites for hydroxylation is 1. The molecule has 3 aliphatic rings. The van der Waals surface area contributed by atoms with Crippen LogP contribution < -0.4 is 37.5 Å². The van der Waals surface area contributed by atoms with Crippen molar-refractivity contribution in [3.8, 4) is 11.4 Å². The average molecular weight is 981 g/mol. The third kappa shape index (κ3) is 11.5. The van der Waals surface area contributed by atoms with Gasteiger partial charge in [0.05, 0.1) is 54.7 Å². The Bertz CT molecular complexity index is 2870. The van der Waals surface area contributed by atoms with Gasteiger partial charge in [-0.1, -0.05) is 51.1 Å². The molecule has 0 fully saturated rings. The van der Waals surface area contributed by atoms with Crippen molar-refractivity contribution in [2.75, 3.05) is 33.0 Å². The van der Waals surface area contributed by atoms with E-state index in [4.69, 9.17) is 14.5 Å². The maximum Gasteiger partial charge on any atom is 0.343 e. The highest BCUT2D eigenvalue weighted by Crippen LogP contribution is 2.46. The molecule has 1 aliphatic carbocycles. The van der Waals surface area contributed by atoms with Crippen LogP contribution in [0, 0.1) is 18.7 Å². The fourth-order valence-corrected chi connectivity index (χ4v) is 9.09. The van der Waals surface area contributed by atoms with Crippen molar-refractivity contribution < 1.29 is 57.3 Å². The van der Waals surface area contributed by atoms with E-state index >= 15 is 4.39 Å². The van der Waals surface area contributed by atoms with Crippen LogP contribution in [-0.2, 0) is 79.4 Å². The zero-order valence-corrected chi connectivity index (χ0v) is 39.9. The second kappa shape index (κ2) is 22.1. The Labute approximate surface area is 407 Å². The van der Waals surface area contributed by atoms with E-state index in [1.165, 1.54) is 10.6 Å². The van der Waals surface area contributed by atoms with Crippen LogP contribution in [0.2, 0.25) is 0 Å². The minimum Gasteiger partial charge on any atom is -0.458 e. The summed E-state index contributed by atoms with van der Waals surface area (Å²) in [5.74, 6) is -5.11. The summed E-state index contributed by atoms with van der Waals surface area (Å²) in [6.07, 6.45) is 1.44. The second-order valence-corrected chi connectivity index (χ2v) is 18.1. The molecule has 0 radical (unpaired) electrons. The van der Waals surface area contributed by atoms with E-state index < -0.39 is 103 Å². The molecule has 3 atom stereocenters. The number of fused-ring (bicyclic) bond motifs is 5. The smallest absolute Gasteiger partial charge is 0.343 e. The number of ether oxygens (including phenoxy) is 2. The van der Waals surface area contributed by atoms with Crippen molar-refractivity contribution >= 4 is 58.1 Å². The van der Waals surface area contributed by atoms with Crippen LogP contribution in [0.25, 0.3) is 22.3 Å². The molecule has 0 bridgehead atoms. The number of nitrogens with zero attached hydrogens (tertiary/aromatic N) is 2. The fraction of sp³-hybridized carbons (Fsp3) is 0.440. The number of amides is 6. The Morgan fingerprint density at radius 3 is 2.34 bits per heavy atom. The van der Waals surface area contributed by atoms with Crippen molar-refractivity contribution in [1.82, 2.24) is 41.5 Å². The Morgan fingerprint density at radius 1 is 0.901 bits per heavy atom. The van der Waals surface area contributed by atoms with Gasteiger partial charge < -0.3 is 51.0 Å². The molecule has 6 amide bonds. The SMILES string of the molecule is CC[C@@]1(O)C(=O)OCc2c1cc1n(c2=O)Cc2c-1nc1cc(F)c(C)c3c1c2[C@@H](NC(=O)COCNC(=O)CNC(=O)[C@H](Cc1ccccc1)NC(=O)CNC(=O)CNC(=O)CCCC(=O)C(C)C)CC3. The molecule has 21 heteroatoms. The quantitative estimate of drug-likeness (QED) is 0.0310. The standard InChI is InChI=1S/C50H57FN8O12/c1-5-50(69)32-17-37-46-30(22-59(37)48(67)31(32)23-71-49(50)68)45-34(15-14-29-27(4)33(51)18-35(58-46)44(29)45)56-43(65)24-70-25-55-41(63)20-54-47(66)36(16-28-10-7-6-8-11-28)57-42(64)21-53-40(62)19-52-39(61)13-9-12-38(60)26(2)3/h6-8,10-11,17-18,26,34,36,69H,5,9,12-16,19-25H2,1-4H3,(H,52,61)(H,53,62)(H,54,66)(H,55,63)(H,56,65)(H,57,64)/t34-,36-,50-/m0/s1. The summed E-state index contributed by atoms with van der Waals surface area (Å²) in [7, 11) is 0. The van der Waals surface area contributed by atoms with Crippen molar-refractivity contribution in [1.29, 1.82) is 0 Å². The van der Waals surface area contributed by atoms with E-state index in [0.717, 1.165) is 5.56 Å². The highest BCUT2D eigenvalue weighted by molar-refractivity contribution is 5.95. The number of ketones is 1. The summed E-state index contributed by atoms with van der Waals surface area (Å²) in [5, 5.41) is 27.3. The molecule has 20 nitrogen and oxygen atoms in total. The van der Waals surface area contributed by atoms with Crippen LogP contribution in [0.5, 0.6) is 0 Å². The summed E-state index contributed by atoms with van der Waals surface area (Å²) in [4.78, 5) is 120. The number of halogens is 1. The third-order valence-electron chi connectivity index (χ3n) is 13.0. The molecule has 0 saturated heterocycles. The molecule has 0 saturated carbocycles. The highest BCUT2D eigenvalue weighted by atomic mass is 19.1. The number of carbonyl (C=O) groups is 8. The molecular formula is C50H57FN8O12. The molecular weight excluding hydrogens is 924 g/mol. The van der Waals surface area contributed by atoms with Gasteiger partial charge in [-0.15, -0.1) is 0 Å². The molecule has 4 heterocycles. The van der Waals surface area contributed by atoms with E-state index in [1.54, 1.807) is 64.1 Å². The van der Waals surface area contributed by atoms with E-state index in [-0.39, 0.29) is 61.7 Å². The maximum absolute atomic E-state index is 15.3.